The molecule has 21 heavy (non-hydrogen) atoms. The molecule has 3 aliphatic rings. The van der Waals surface area contributed by atoms with Crippen molar-refractivity contribution in [2.75, 3.05) is 13.2 Å². The number of ether oxygens (including phenoxy) is 1. The van der Waals surface area contributed by atoms with E-state index >= 15 is 0 Å². The van der Waals surface area contributed by atoms with Crippen molar-refractivity contribution >= 4 is 0 Å². The molecule has 4 unspecified atom stereocenters. The number of rotatable bonds is 8. The maximum Gasteiger partial charge on any atom is 0.0576 e. The summed E-state index contributed by atoms with van der Waals surface area (Å²) in [6.45, 7) is 4.70. The van der Waals surface area contributed by atoms with Gasteiger partial charge in [0.25, 0.3) is 0 Å². The highest BCUT2D eigenvalue weighted by Crippen LogP contribution is 2.38. The Morgan fingerprint density at radius 1 is 1.00 bits per heavy atom. The Hall–Kier alpha value is -0.0800. The molecule has 0 spiro atoms. The van der Waals surface area contributed by atoms with Crippen LogP contribution in [0, 0.1) is 17.8 Å². The molecule has 4 atom stereocenters. The molecule has 2 nitrogen and oxygen atoms in total. The normalized spacial score (nSPS) is 37.0. The van der Waals surface area contributed by atoms with Crippen LogP contribution in [0.1, 0.15) is 77.6 Å². The maximum absolute atomic E-state index is 5.79. The first-order valence-electron chi connectivity index (χ1n) is 9.70. The van der Waals surface area contributed by atoms with Crippen molar-refractivity contribution in [1.82, 2.24) is 5.32 Å². The van der Waals surface area contributed by atoms with Crippen molar-refractivity contribution in [3.63, 3.8) is 0 Å². The first-order valence-corrected chi connectivity index (χ1v) is 9.70. The first kappa shape index (κ1) is 15.8. The number of hydrogen-bond donors (Lipinski definition) is 1. The zero-order chi connectivity index (χ0) is 14.5. The zero-order valence-corrected chi connectivity index (χ0v) is 14.0. The van der Waals surface area contributed by atoms with Gasteiger partial charge in [-0.1, -0.05) is 32.6 Å². The van der Waals surface area contributed by atoms with Crippen LogP contribution in [-0.4, -0.2) is 25.3 Å². The third-order valence-corrected chi connectivity index (χ3v) is 6.20. The summed E-state index contributed by atoms with van der Waals surface area (Å²) in [6, 6.07) is 0.876. The lowest BCUT2D eigenvalue weighted by atomic mass is 9.71. The van der Waals surface area contributed by atoms with Crippen molar-refractivity contribution in [1.29, 1.82) is 0 Å². The van der Waals surface area contributed by atoms with E-state index in [0.717, 1.165) is 30.4 Å². The molecule has 3 fully saturated rings. The van der Waals surface area contributed by atoms with Crippen LogP contribution in [0.25, 0.3) is 0 Å². The van der Waals surface area contributed by atoms with E-state index in [1.165, 1.54) is 77.2 Å². The van der Waals surface area contributed by atoms with Crippen LogP contribution in [0.15, 0.2) is 0 Å². The molecule has 1 saturated heterocycles. The summed E-state index contributed by atoms with van der Waals surface area (Å²) in [5.41, 5.74) is 0. The smallest absolute Gasteiger partial charge is 0.0576 e. The van der Waals surface area contributed by atoms with Crippen molar-refractivity contribution in [2.24, 2.45) is 17.8 Å². The fourth-order valence-electron chi connectivity index (χ4n) is 4.50. The SMILES string of the molecule is CCC1CCC(CNC2CC2)C(CCCC2CCCO2)C1. The molecule has 2 aliphatic carbocycles. The minimum absolute atomic E-state index is 0.596. The van der Waals surface area contributed by atoms with Crippen LogP contribution < -0.4 is 5.32 Å². The predicted molar refractivity (Wildman–Crippen MR) is 88.5 cm³/mol. The first-order chi connectivity index (χ1) is 10.3. The van der Waals surface area contributed by atoms with Gasteiger partial charge in [-0.25, -0.2) is 0 Å². The second-order valence-corrected chi connectivity index (χ2v) is 7.86. The van der Waals surface area contributed by atoms with E-state index in [-0.39, 0.29) is 0 Å². The molecule has 122 valence electrons. The lowest BCUT2D eigenvalue weighted by Crippen LogP contribution is -2.34. The molecule has 0 aromatic carbocycles. The summed E-state index contributed by atoms with van der Waals surface area (Å²) in [7, 11) is 0. The van der Waals surface area contributed by atoms with Gasteiger partial charge in [-0.3, -0.25) is 0 Å². The molecule has 0 radical (unpaired) electrons. The van der Waals surface area contributed by atoms with Crippen LogP contribution in [0.5, 0.6) is 0 Å². The minimum Gasteiger partial charge on any atom is -0.378 e. The van der Waals surface area contributed by atoms with Crippen molar-refractivity contribution < 1.29 is 4.74 Å². The summed E-state index contributed by atoms with van der Waals surface area (Å²) < 4.78 is 5.79. The van der Waals surface area contributed by atoms with Crippen LogP contribution in [0.3, 0.4) is 0 Å². The summed E-state index contributed by atoms with van der Waals surface area (Å²) in [5.74, 6) is 2.95. The molecule has 0 bridgehead atoms. The highest BCUT2D eigenvalue weighted by molar-refractivity contribution is 4.86. The summed E-state index contributed by atoms with van der Waals surface area (Å²) in [6.07, 6.45) is 16.1. The van der Waals surface area contributed by atoms with Gasteiger partial charge in [-0.15, -0.1) is 0 Å². The van der Waals surface area contributed by atoms with E-state index < -0.39 is 0 Å². The van der Waals surface area contributed by atoms with Gasteiger partial charge in [-0.2, -0.15) is 0 Å². The topological polar surface area (TPSA) is 21.3 Å². The predicted octanol–water partition coefficient (Wildman–Crippen LogP) is 4.53. The van der Waals surface area contributed by atoms with E-state index in [1.807, 2.05) is 0 Å². The third kappa shape index (κ3) is 4.96. The lowest BCUT2D eigenvalue weighted by Gasteiger charge is -2.36. The van der Waals surface area contributed by atoms with Crippen LogP contribution in [0.2, 0.25) is 0 Å². The molecular weight excluding hydrogens is 258 g/mol. The van der Waals surface area contributed by atoms with Crippen LogP contribution in [-0.2, 0) is 4.74 Å². The van der Waals surface area contributed by atoms with Gasteiger partial charge in [-0.05, 0) is 69.2 Å². The average molecular weight is 293 g/mol. The van der Waals surface area contributed by atoms with E-state index in [1.54, 1.807) is 0 Å². The Morgan fingerprint density at radius 3 is 2.62 bits per heavy atom. The van der Waals surface area contributed by atoms with E-state index in [0.29, 0.717) is 6.10 Å². The fraction of sp³-hybridized carbons (Fsp3) is 1.00. The third-order valence-electron chi connectivity index (χ3n) is 6.20. The largest absolute Gasteiger partial charge is 0.378 e. The number of hydrogen-bond acceptors (Lipinski definition) is 2. The van der Waals surface area contributed by atoms with Gasteiger partial charge in [0.15, 0.2) is 0 Å². The maximum atomic E-state index is 5.79. The summed E-state index contributed by atoms with van der Waals surface area (Å²) in [5, 5.41) is 3.80. The Bertz CT molecular complexity index is 296. The van der Waals surface area contributed by atoms with Crippen molar-refractivity contribution in [3.05, 3.63) is 0 Å². The highest BCUT2D eigenvalue weighted by Gasteiger charge is 2.31. The Balaban J connectivity index is 1.41. The van der Waals surface area contributed by atoms with Crippen molar-refractivity contribution in [3.8, 4) is 0 Å². The second-order valence-electron chi connectivity index (χ2n) is 7.86. The summed E-state index contributed by atoms with van der Waals surface area (Å²) >= 11 is 0. The standard InChI is InChI=1S/C19H35NO/c1-2-15-8-9-17(14-20-18-10-11-18)16(13-15)5-3-6-19-7-4-12-21-19/h15-20H,2-14H2,1H3. The molecule has 3 rings (SSSR count). The quantitative estimate of drug-likeness (QED) is 0.710. The summed E-state index contributed by atoms with van der Waals surface area (Å²) in [4.78, 5) is 0. The molecule has 0 aromatic heterocycles. The van der Waals surface area contributed by atoms with Gasteiger partial charge in [0.1, 0.15) is 0 Å². The fourth-order valence-corrected chi connectivity index (χ4v) is 4.50. The molecule has 2 heteroatoms. The highest BCUT2D eigenvalue weighted by atomic mass is 16.5. The molecule has 0 aromatic rings. The zero-order valence-electron chi connectivity index (χ0n) is 14.0. The molecule has 1 aliphatic heterocycles. The van der Waals surface area contributed by atoms with Gasteiger partial charge in [0.2, 0.25) is 0 Å². The van der Waals surface area contributed by atoms with Gasteiger partial charge >= 0.3 is 0 Å². The van der Waals surface area contributed by atoms with Gasteiger partial charge in [0, 0.05) is 12.6 Å². The van der Waals surface area contributed by atoms with E-state index in [9.17, 15) is 0 Å². The Morgan fingerprint density at radius 2 is 1.90 bits per heavy atom. The van der Waals surface area contributed by atoms with E-state index in [4.69, 9.17) is 4.74 Å². The number of nitrogens with one attached hydrogen (secondary N) is 1. The monoisotopic (exact) mass is 293 g/mol. The Kier molecular flexibility index (Phi) is 5.99. The van der Waals surface area contributed by atoms with Crippen LogP contribution >= 0.6 is 0 Å². The molecule has 1 N–H and O–H groups in total. The minimum atomic E-state index is 0.596. The molecule has 2 saturated carbocycles. The van der Waals surface area contributed by atoms with Gasteiger partial charge in [0.05, 0.1) is 6.10 Å². The molecule has 1 heterocycles. The molecule has 0 amide bonds. The van der Waals surface area contributed by atoms with E-state index in [2.05, 4.69) is 12.2 Å². The average Bonchev–Trinajstić information content (AvgIpc) is 3.20. The molecular formula is C19H35NO. The second kappa shape index (κ2) is 7.97. The lowest BCUT2D eigenvalue weighted by molar-refractivity contribution is 0.0953. The van der Waals surface area contributed by atoms with Crippen molar-refractivity contribution in [2.45, 2.75) is 89.7 Å². The van der Waals surface area contributed by atoms with Gasteiger partial charge < -0.3 is 10.1 Å². The Labute approximate surface area is 131 Å². The van der Waals surface area contributed by atoms with Crippen LogP contribution in [0.4, 0.5) is 0 Å².